The van der Waals surface area contributed by atoms with Gasteiger partial charge in [0.05, 0.1) is 5.56 Å². The number of para-hydroxylation sites is 1. The van der Waals surface area contributed by atoms with Gasteiger partial charge in [-0.05, 0) is 40.5 Å². The summed E-state index contributed by atoms with van der Waals surface area (Å²) >= 11 is 3.37. The van der Waals surface area contributed by atoms with Crippen molar-refractivity contribution in [3.8, 4) is 17.7 Å². The van der Waals surface area contributed by atoms with Gasteiger partial charge in [-0.15, -0.1) is 0 Å². The molecule has 2 aromatic rings. The molecular weight excluding hydrogens is 280 g/mol. The average Bonchev–Trinajstić information content (AvgIpc) is 2.34. The Morgan fingerprint density at radius 1 is 1.35 bits per heavy atom. The lowest BCUT2D eigenvalue weighted by molar-refractivity contribution is 0.461. The van der Waals surface area contributed by atoms with E-state index in [1.165, 1.54) is 0 Å². The maximum atomic E-state index is 8.94. The number of hydrogen-bond donors (Lipinski definition) is 0. The second-order valence-corrected chi connectivity index (χ2v) is 4.34. The standard InChI is InChI=1S/C13H9BrN2O/c1-9-6-13(16-8-11(9)14)17-12-5-3-2-4-10(12)7-15/h2-6,8H,1H3. The SMILES string of the molecule is Cc1cc(Oc2ccccc2C#N)ncc1Br. The molecule has 0 fully saturated rings. The number of aryl methyl sites for hydroxylation is 1. The second kappa shape index (κ2) is 4.98. The van der Waals surface area contributed by atoms with Crippen molar-refractivity contribution in [3.63, 3.8) is 0 Å². The van der Waals surface area contributed by atoms with E-state index in [2.05, 4.69) is 27.0 Å². The van der Waals surface area contributed by atoms with Gasteiger partial charge in [0.15, 0.2) is 0 Å². The molecule has 3 nitrogen and oxygen atoms in total. The fourth-order valence-electron chi connectivity index (χ4n) is 1.33. The van der Waals surface area contributed by atoms with Gasteiger partial charge < -0.3 is 4.74 Å². The van der Waals surface area contributed by atoms with Gasteiger partial charge in [0.1, 0.15) is 11.8 Å². The third-order valence-electron chi connectivity index (χ3n) is 2.24. The Labute approximate surface area is 108 Å². The van der Waals surface area contributed by atoms with Crippen LogP contribution in [0.4, 0.5) is 0 Å². The van der Waals surface area contributed by atoms with Gasteiger partial charge in [-0.1, -0.05) is 12.1 Å². The molecule has 2 rings (SSSR count). The van der Waals surface area contributed by atoms with Gasteiger partial charge in [-0.25, -0.2) is 4.98 Å². The van der Waals surface area contributed by atoms with E-state index >= 15 is 0 Å². The van der Waals surface area contributed by atoms with Crippen LogP contribution in [0.5, 0.6) is 11.6 Å². The van der Waals surface area contributed by atoms with Gasteiger partial charge in [0.2, 0.25) is 5.88 Å². The van der Waals surface area contributed by atoms with Crippen molar-refractivity contribution in [1.29, 1.82) is 5.26 Å². The van der Waals surface area contributed by atoms with E-state index in [1.54, 1.807) is 24.4 Å². The predicted molar refractivity (Wildman–Crippen MR) is 67.9 cm³/mol. The molecule has 0 unspecified atom stereocenters. The normalized spacial score (nSPS) is 9.71. The summed E-state index contributed by atoms with van der Waals surface area (Å²) in [5, 5.41) is 8.94. The van der Waals surface area contributed by atoms with Crippen molar-refractivity contribution in [2.24, 2.45) is 0 Å². The first kappa shape index (κ1) is 11.6. The highest BCUT2D eigenvalue weighted by atomic mass is 79.9. The number of benzene rings is 1. The van der Waals surface area contributed by atoms with Crippen LogP contribution in [-0.2, 0) is 0 Å². The maximum absolute atomic E-state index is 8.94. The molecule has 0 bridgehead atoms. The van der Waals surface area contributed by atoms with E-state index < -0.39 is 0 Å². The molecule has 0 N–H and O–H groups in total. The molecule has 0 atom stereocenters. The zero-order valence-corrected chi connectivity index (χ0v) is 10.7. The topological polar surface area (TPSA) is 45.9 Å². The average molecular weight is 289 g/mol. The Bertz CT molecular complexity index is 590. The quantitative estimate of drug-likeness (QED) is 0.844. The van der Waals surface area contributed by atoms with E-state index in [0.717, 1.165) is 10.0 Å². The third-order valence-corrected chi connectivity index (χ3v) is 3.07. The lowest BCUT2D eigenvalue weighted by Crippen LogP contribution is -1.91. The molecule has 1 aromatic heterocycles. The first-order chi connectivity index (χ1) is 8.20. The van der Waals surface area contributed by atoms with Crippen LogP contribution in [0.1, 0.15) is 11.1 Å². The number of pyridine rings is 1. The summed E-state index contributed by atoms with van der Waals surface area (Å²) in [5.41, 5.74) is 1.53. The molecule has 0 amide bonds. The predicted octanol–water partition coefficient (Wildman–Crippen LogP) is 3.82. The van der Waals surface area contributed by atoms with Gasteiger partial charge in [-0.2, -0.15) is 5.26 Å². The van der Waals surface area contributed by atoms with Gasteiger partial charge in [0, 0.05) is 16.7 Å². The van der Waals surface area contributed by atoms with Crippen LogP contribution < -0.4 is 4.74 Å². The van der Waals surface area contributed by atoms with Gasteiger partial charge in [-0.3, -0.25) is 0 Å². The zero-order valence-electron chi connectivity index (χ0n) is 9.14. The Morgan fingerprint density at radius 3 is 2.82 bits per heavy atom. The minimum absolute atomic E-state index is 0.480. The molecule has 0 saturated carbocycles. The fourth-order valence-corrected chi connectivity index (χ4v) is 1.55. The number of aromatic nitrogens is 1. The summed E-state index contributed by atoms with van der Waals surface area (Å²) in [6.45, 7) is 1.95. The van der Waals surface area contributed by atoms with E-state index in [1.807, 2.05) is 19.1 Å². The lowest BCUT2D eigenvalue weighted by Gasteiger charge is -2.07. The first-order valence-corrected chi connectivity index (χ1v) is 5.79. The van der Waals surface area contributed by atoms with Crippen LogP contribution in [0.3, 0.4) is 0 Å². The van der Waals surface area contributed by atoms with Crippen LogP contribution >= 0.6 is 15.9 Å². The van der Waals surface area contributed by atoms with Crippen molar-refractivity contribution >= 4 is 15.9 Å². The van der Waals surface area contributed by atoms with E-state index in [9.17, 15) is 0 Å². The molecule has 0 spiro atoms. The molecule has 1 heterocycles. The Balaban J connectivity index is 2.32. The van der Waals surface area contributed by atoms with Crippen LogP contribution in [-0.4, -0.2) is 4.98 Å². The molecular formula is C13H9BrN2O. The van der Waals surface area contributed by atoms with Crippen molar-refractivity contribution in [3.05, 3.63) is 52.1 Å². The molecule has 0 aliphatic heterocycles. The fraction of sp³-hybridized carbons (Fsp3) is 0.0769. The number of rotatable bonds is 2. The maximum Gasteiger partial charge on any atom is 0.219 e. The van der Waals surface area contributed by atoms with Crippen LogP contribution in [0, 0.1) is 18.3 Å². The summed E-state index contributed by atoms with van der Waals surface area (Å²) in [5.74, 6) is 0.998. The number of hydrogen-bond acceptors (Lipinski definition) is 3. The molecule has 0 aliphatic carbocycles. The van der Waals surface area contributed by atoms with E-state index in [0.29, 0.717) is 17.2 Å². The van der Waals surface area contributed by atoms with Gasteiger partial charge in [0.25, 0.3) is 0 Å². The lowest BCUT2D eigenvalue weighted by atomic mass is 10.2. The molecule has 1 aromatic carbocycles. The summed E-state index contributed by atoms with van der Waals surface area (Å²) < 4.78 is 6.51. The first-order valence-electron chi connectivity index (χ1n) is 5.00. The summed E-state index contributed by atoms with van der Waals surface area (Å²) in [7, 11) is 0. The van der Waals surface area contributed by atoms with E-state index in [4.69, 9.17) is 10.00 Å². The number of nitrogens with zero attached hydrogens (tertiary/aromatic N) is 2. The largest absolute Gasteiger partial charge is 0.438 e. The zero-order chi connectivity index (χ0) is 12.3. The molecule has 0 radical (unpaired) electrons. The molecule has 17 heavy (non-hydrogen) atoms. The van der Waals surface area contributed by atoms with Crippen LogP contribution in [0.2, 0.25) is 0 Å². The smallest absolute Gasteiger partial charge is 0.219 e. The highest BCUT2D eigenvalue weighted by Crippen LogP contribution is 2.25. The molecule has 4 heteroatoms. The van der Waals surface area contributed by atoms with Crippen molar-refractivity contribution in [2.75, 3.05) is 0 Å². The number of nitriles is 1. The monoisotopic (exact) mass is 288 g/mol. The number of halogens is 1. The summed E-state index contributed by atoms with van der Waals surface area (Å²) in [4.78, 5) is 4.13. The highest BCUT2D eigenvalue weighted by Gasteiger charge is 2.05. The minimum atomic E-state index is 0.480. The Morgan fingerprint density at radius 2 is 2.12 bits per heavy atom. The summed E-state index contributed by atoms with van der Waals surface area (Å²) in [6, 6.07) is 11.0. The number of ether oxygens (including phenoxy) is 1. The van der Waals surface area contributed by atoms with Crippen molar-refractivity contribution < 1.29 is 4.74 Å². The van der Waals surface area contributed by atoms with E-state index in [-0.39, 0.29) is 0 Å². The third kappa shape index (κ3) is 2.63. The second-order valence-electron chi connectivity index (χ2n) is 3.48. The highest BCUT2D eigenvalue weighted by molar-refractivity contribution is 9.10. The van der Waals surface area contributed by atoms with Crippen molar-refractivity contribution in [2.45, 2.75) is 6.92 Å². The summed E-state index contributed by atoms with van der Waals surface area (Å²) in [6.07, 6.45) is 1.68. The molecule has 0 saturated heterocycles. The Hall–Kier alpha value is -1.86. The van der Waals surface area contributed by atoms with Crippen LogP contribution in [0.15, 0.2) is 41.0 Å². The van der Waals surface area contributed by atoms with Crippen molar-refractivity contribution in [1.82, 2.24) is 4.98 Å². The van der Waals surface area contributed by atoms with Crippen LogP contribution in [0.25, 0.3) is 0 Å². The van der Waals surface area contributed by atoms with Gasteiger partial charge >= 0.3 is 0 Å². The molecule has 0 aliphatic rings. The Kier molecular flexibility index (Phi) is 3.40. The minimum Gasteiger partial charge on any atom is -0.438 e. The molecule has 84 valence electrons.